The van der Waals surface area contributed by atoms with Gasteiger partial charge in [0, 0.05) is 23.6 Å². The molecule has 0 aliphatic carbocycles. The third kappa shape index (κ3) is 2.75. The van der Waals surface area contributed by atoms with Crippen molar-refractivity contribution in [3.63, 3.8) is 0 Å². The number of nitrogens with zero attached hydrogens (tertiary/aromatic N) is 1. The van der Waals surface area contributed by atoms with Crippen LogP contribution in [0.25, 0.3) is 10.9 Å². The minimum absolute atomic E-state index is 0.0769. The summed E-state index contributed by atoms with van der Waals surface area (Å²) in [6, 6.07) is 8.82. The standard InChI is InChI=1S/C16H14ClNO4S/c1-21-10-6-13-12(15(7-10)22-2)8-14(16(19)20)18(13)9-11-4-3-5-23(11)17/h3-8H,9H2,1-2H3. The molecule has 5 nitrogen and oxygen atoms in total. The molecule has 0 N–H and O–H groups in total. The third-order valence-electron chi connectivity index (χ3n) is 3.67. The zero-order valence-electron chi connectivity index (χ0n) is 12.5. The largest absolute Gasteiger partial charge is 0.543 e. The second-order valence-corrected chi connectivity index (χ2v) is 7.27. The SMILES string of the molecule is COc1cc(OC)c2cc(C(=O)[O-])n(Cc3ccc[s+]3Cl)c2c1. The van der Waals surface area contributed by atoms with E-state index in [0.29, 0.717) is 28.9 Å². The zero-order chi connectivity index (χ0) is 16.6. The highest BCUT2D eigenvalue weighted by molar-refractivity contribution is 7.61. The van der Waals surface area contributed by atoms with Crippen LogP contribution in [-0.4, -0.2) is 24.8 Å². The maximum Gasteiger partial charge on any atom is 0.210 e. The van der Waals surface area contributed by atoms with Crippen molar-refractivity contribution in [3.8, 4) is 11.5 Å². The van der Waals surface area contributed by atoms with E-state index < -0.39 is 15.7 Å². The molecule has 0 radical (unpaired) electrons. The monoisotopic (exact) mass is 351 g/mol. The van der Waals surface area contributed by atoms with E-state index in [9.17, 15) is 9.90 Å². The van der Waals surface area contributed by atoms with Crippen LogP contribution in [0.15, 0.2) is 35.7 Å². The number of aromatic nitrogens is 1. The van der Waals surface area contributed by atoms with Crippen LogP contribution < -0.4 is 14.6 Å². The smallest absolute Gasteiger partial charge is 0.210 e. The molecule has 1 aromatic carbocycles. The second-order valence-electron chi connectivity index (χ2n) is 4.91. The Kier molecular flexibility index (Phi) is 4.19. The average molecular weight is 352 g/mol. The van der Waals surface area contributed by atoms with Crippen LogP contribution in [0.3, 0.4) is 0 Å². The van der Waals surface area contributed by atoms with Gasteiger partial charge in [0.15, 0.2) is 10.3 Å². The molecule has 2 heterocycles. The maximum atomic E-state index is 11.5. The molecule has 3 rings (SSSR count). The summed E-state index contributed by atoms with van der Waals surface area (Å²) in [6.45, 7) is 0.364. The van der Waals surface area contributed by atoms with Crippen molar-refractivity contribution in [1.82, 2.24) is 4.57 Å². The van der Waals surface area contributed by atoms with Gasteiger partial charge in [-0.3, -0.25) is 0 Å². The summed E-state index contributed by atoms with van der Waals surface area (Å²) in [5.41, 5.74) is 0.773. The maximum absolute atomic E-state index is 11.5. The molecule has 0 aliphatic rings. The lowest BCUT2D eigenvalue weighted by atomic mass is 10.2. The number of aromatic carboxylic acids is 1. The van der Waals surface area contributed by atoms with Crippen LogP contribution in [0, 0.1) is 0 Å². The number of carboxylic acid groups (broad SMARTS) is 1. The number of hydrogen-bond acceptors (Lipinski definition) is 4. The van der Waals surface area contributed by atoms with Gasteiger partial charge in [-0.05, 0) is 12.1 Å². The van der Waals surface area contributed by atoms with Gasteiger partial charge in [-0.1, -0.05) is 0 Å². The average Bonchev–Trinajstić information content (AvgIpc) is 3.11. The summed E-state index contributed by atoms with van der Waals surface area (Å²) in [6.07, 6.45) is 0. The Balaban J connectivity index is 2.26. The lowest BCUT2D eigenvalue weighted by Crippen LogP contribution is -2.25. The summed E-state index contributed by atoms with van der Waals surface area (Å²) in [5.74, 6) is -0.116. The predicted molar refractivity (Wildman–Crippen MR) is 88.6 cm³/mol. The number of methoxy groups -OCH3 is 2. The van der Waals surface area contributed by atoms with E-state index in [4.69, 9.17) is 20.2 Å². The minimum atomic E-state index is -1.25. The zero-order valence-corrected chi connectivity index (χ0v) is 14.1. The number of hydrogen-bond donors (Lipinski definition) is 0. The first kappa shape index (κ1) is 15.7. The Morgan fingerprint density at radius 1 is 1.30 bits per heavy atom. The lowest BCUT2D eigenvalue weighted by Gasteiger charge is -2.10. The number of thiophene rings is 1. The fourth-order valence-corrected chi connectivity index (χ4v) is 3.90. The van der Waals surface area contributed by atoms with Gasteiger partial charge in [-0.25, -0.2) is 0 Å². The fraction of sp³-hybridized carbons (Fsp3) is 0.188. The molecule has 3 aromatic rings. The molecular weight excluding hydrogens is 338 g/mol. The molecule has 2 aromatic heterocycles. The molecule has 7 heteroatoms. The number of carbonyl (C=O) groups is 1. The number of ether oxygens (including phenoxy) is 2. The Morgan fingerprint density at radius 2 is 2.09 bits per heavy atom. The molecule has 0 saturated carbocycles. The first-order valence-corrected chi connectivity index (χ1v) is 8.90. The number of halogens is 1. The van der Waals surface area contributed by atoms with Crippen molar-refractivity contribution in [1.29, 1.82) is 0 Å². The number of rotatable bonds is 5. The summed E-state index contributed by atoms with van der Waals surface area (Å²) >= 11 is 0. The van der Waals surface area contributed by atoms with Crippen molar-refractivity contribution in [3.05, 3.63) is 46.3 Å². The van der Waals surface area contributed by atoms with Crippen molar-refractivity contribution in [2.45, 2.75) is 6.54 Å². The van der Waals surface area contributed by atoms with Gasteiger partial charge in [-0.15, -0.1) is 0 Å². The quantitative estimate of drug-likeness (QED) is 0.663. The molecule has 0 saturated heterocycles. The molecule has 0 spiro atoms. The number of carboxylic acids is 1. The number of fused-ring (bicyclic) bond motifs is 1. The first-order chi connectivity index (χ1) is 11.0. The van der Waals surface area contributed by atoms with Crippen LogP contribution in [0.1, 0.15) is 15.4 Å². The van der Waals surface area contributed by atoms with Crippen LogP contribution in [0.2, 0.25) is 0 Å². The highest BCUT2D eigenvalue weighted by atomic mass is 35.7. The van der Waals surface area contributed by atoms with Crippen molar-refractivity contribution >= 4 is 37.2 Å². The topological polar surface area (TPSA) is 63.5 Å². The summed E-state index contributed by atoms with van der Waals surface area (Å²) in [4.78, 5) is 12.5. The van der Waals surface area contributed by atoms with E-state index in [2.05, 4.69) is 0 Å². The Morgan fingerprint density at radius 3 is 2.65 bits per heavy atom. The van der Waals surface area contributed by atoms with E-state index in [-0.39, 0.29) is 5.69 Å². The minimum Gasteiger partial charge on any atom is -0.543 e. The molecule has 0 fully saturated rings. The third-order valence-corrected chi connectivity index (χ3v) is 5.73. The molecule has 0 aliphatic heterocycles. The van der Waals surface area contributed by atoms with Crippen LogP contribution in [0.4, 0.5) is 0 Å². The van der Waals surface area contributed by atoms with Crippen molar-refractivity contribution in [2.75, 3.05) is 14.2 Å². The molecule has 0 bridgehead atoms. The summed E-state index contributed by atoms with van der Waals surface area (Å²) < 4.78 is 12.3. The van der Waals surface area contributed by atoms with Gasteiger partial charge >= 0.3 is 0 Å². The normalized spacial score (nSPS) is 11.7. The lowest BCUT2D eigenvalue weighted by molar-refractivity contribution is -0.255. The van der Waals surface area contributed by atoms with Crippen LogP contribution >= 0.6 is 20.4 Å². The van der Waals surface area contributed by atoms with Gasteiger partial charge < -0.3 is 23.9 Å². The van der Waals surface area contributed by atoms with Gasteiger partial charge in [0.2, 0.25) is 10.7 Å². The van der Waals surface area contributed by atoms with Gasteiger partial charge in [0.25, 0.3) is 0 Å². The van der Waals surface area contributed by atoms with Crippen molar-refractivity contribution in [2.24, 2.45) is 0 Å². The predicted octanol–water partition coefficient (Wildman–Crippen LogP) is 2.82. The van der Waals surface area contributed by atoms with E-state index in [0.717, 1.165) is 4.88 Å². The molecular formula is C16H14ClNO4S. The van der Waals surface area contributed by atoms with E-state index in [1.165, 1.54) is 7.11 Å². The van der Waals surface area contributed by atoms with Gasteiger partial charge in [0.1, 0.15) is 11.5 Å². The Hall–Kier alpha value is -2.18. The fourth-order valence-electron chi connectivity index (χ4n) is 2.56. The Labute approximate surface area is 140 Å². The molecule has 1 unspecified atom stereocenters. The van der Waals surface area contributed by atoms with Crippen molar-refractivity contribution < 1.29 is 19.4 Å². The first-order valence-electron chi connectivity index (χ1n) is 6.78. The van der Waals surface area contributed by atoms with E-state index >= 15 is 0 Å². The van der Waals surface area contributed by atoms with Crippen LogP contribution in [-0.2, 0) is 6.54 Å². The summed E-state index contributed by atoms with van der Waals surface area (Å²) in [5, 5.41) is 14.1. The molecule has 1 atom stereocenters. The number of benzene rings is 1. The van der Waals surface area contributed by atoms with E-state index in [1.807, 2.05) is 17.5 Å². The van der Waals surface area contributed by atoms with E-state index in [1.54, 1.807) is 29.9 Å². The second kappa shape index (κ2) is 6.14. The molecule has 0 amide bonds. The highest BCUT2D eigenvalue weighted by Crippen LogP contribution is 2.36. The van der Waals surface area contributed by atoms with Crippen LogP contribution in [0.5, 0.6) is 11.5 Å². The molecule has 120 valence electrons. The highest BCUT2D eigenvalue weighted by Gasteiger charge is 2.19. The number of carbonyl (C=O) groups excluding carboxylic acids is 1. The Bertz CT molecular complexity index is 884. The molecule has 23 heavy (non-hydrogen) atoms. The summed E-state index contributed by atoms with van der Waals surface area (Å²) in [7, 11) is 8.80. The van der Waals surface area contributed by atoms with Gasteiger partial charge in [-0.2, -0.15) is 0 Å². The van der Waals surface area contributed by atoms with Gasteiger partial charge in [0.05, 0.1) is 47.6 Å².